The highest BCUT2D eigenvalue weighted by molar-refractivity contribution is 8.00. The van der Waals surface area contributed by atoms with Crippen molar-refractivity contribution in [2.24, 2.45) is 0 Å². The van der Waals surface area contributed by atoms with Gasteiger partial charge >= 0.3 is 0 Å². The minimum Gasteiger partial charge on any atom is -0.420 e. The fourth-order valence-electron chi connectivity index (χ4n) is 1.70. The van der Waals surface area contributed by atoms with E-state index in [4.69, 9.17) is 4.42 Å². The first kappa shape index (κ1) is 15.0. The number of hydrogen-bond donors (Lipinski definition) is 1. The van der Waals surface area contributed by atoms with Crippen LogP contribution in [0.25, 0.3) is 11.5 Å². The van der Waals surface area contributed by atoms with Gasteiger partial charge in [0.15, 0.2) is 4.34 Å². The molecule has 0 amide bonds. The van der Waals surface area contributed by atoms with Crippen LogP contribution in [-0.4, -0.2) is 26.9 Å². The average molecular weight is 333 g/mol. The molecular formula is C14H15N5OS2. The van der Waals surface area contributed by atoms with Crippen LogP contribution in [0, 0.1) is 0 Å². The smallest absolute Gasteiger partial charge is 0.247 e. The largest absolute Gasteiger partial charge is 0.420 e. The molecule has 0 aliphatic heterocycles. The number of thioether (sulfide) groups is 1. The van der Waals surface area contributed by atoms with E-state index in [1.165, 1.54) is 11.3 Å². The van der Waals surface area contributed by atoms with Crippen LogP contribution >= 0.6 is 23.1 Å². The van der Waals surface area contributed by atoms with E-state index in [0.717, 1.165) is 28.0 Å². The second-order valence-electron chi connectivity index (χ2n) is 4.46. The molecule has 114 valence electrons. The average Bonchev–Trinajstić information content (AvgIpc) is 3.21. The summed E-state index contributed by atoms with van der Waals surface area (Å²) < 4.78 is 6.55. The zero-order chi connectivity index (χ0) is 15.2. The van der Waals surface area contributed by atoms with E-state index in [1.54, 1.807) is 11.8 Å². The van der Waals surface area contributed by atoms with Crippen molar-refractivity contribution in [3.05, 3.63) is 36.2 Å². The molecule has 3 aromatic rings. The van der Waals surface area contributed by atoms with Gasteiger partial charge in [-0.3, -0.25) is 0 Å². The Kier molecular flexibility index (Phi) is 5.02. The van der Waals surface area contributed by atoms with Gasteiger partial charge in [0.05, 0.1) is 5.75 Å². The minimum absolute atomic E-state index is 0.541. The lowest BCUT2D eigenvalue weighted by atomic mass is 10.2. The summed E-state index contributed by atoms with van der Waals surface area (Å²) in [5, 5.41) is 20.4. The highest BCUT2D eigenvalue weighted by Crippen LogP contribution is 2.28. The van der Waals surface area contributed by atoms with Gasteiger partial charge in [0.1, 0.15) is 0 Å². The van der Waals surface area contributed by atoms with Gasteiger partial charge in [-0.15, -0.1) is 20.4 Å². The number of anilines is 1. The van der Waals surface area contributed by atoms with Crippen molar-refractivity contribution in [2.45, 2.75) is 23.4 Å². The monoisotopic (exact) mass is 333 g/mol. The van der Waals surface area contributed by atoms with Crippen LogP contribution < -0.4 is 5.32 Å². The second kappa shape index (κ2) is 7.37. The van der Waals surface area contributed by atoms with E-state index in [9.17, 15) is 0 Å². The van der Waals surface area contributed by atoms with Gasteiger partial charge in [-0.1, -0.05) is 48.2 Å². The van der Waals surface area contributed by atoms with Crippen LogP contribution in [0.4, 0.5) is 5.13 Å². The Labute approximate surface area is 136 Å². The molecule has 8 heteroatoms. The standard InChI is InChI=1S/C14H15N5OS2/c1-2-8-15-13-18-19-14(22-13)21-9-11-16-17-12(20-11)10-6-4-3-5-7-10/h3-7H,2,8-9H2,1H3,(H,15,18). The van der Waals surface area contributed by atoms with Gasteiger partial charge in [0.2, 0.25) is 16.9 Å². The highest BCUT2D eigenvalue weighted by atomic mass is 32.2. The summed E-state index contributed by atoms with van der Waals surface area (Å²) in [5.41, 5.74) is 0.924. The third-order valence-corrected chi connectivity index (χ3v) is 4.74. The van der Waals surface area contributed by atoms with Crippen LogP contribution in [0.15, 0.2) is 39.1 Å². The van der Waals surface area contributed by atoms with Gasteiger partial charge in [-0.2, -0.15) is 0 Å². The summed E-state index contributed by atoms with van der Waals surface area (Å²) in [6.45, 7) is 3.02. The van der Waals surface area contributed by atoms with Gasteiger partial charge < -0.3 is 9.73 Å². The molecule has 2 aromatic heterocycles. The van der Waals surface area contributed by atoms with Crippen LogP contribution in [0.3, 0.4) is 0 Å². The molecule has 0 bridgehead atoms. The van der Waals surface area contributed by atoms with Gasteiger partial charge in [-0.25, -0.2) is 0 Å². The third-order valence-electron chi connectivity index (χ3n) is 2.74. The number of aromatic nitrogens is 4. The Morgan fingerprint density at radius 2 is 2.00 bits per heavy atom. The molecule has 2 heterocycles. The van der Waals surface area contributed by atoms with E-state index < -0.39 is 0 Å². The summed E-state index contributed by atoms with van der Waals surface area (Å²) in [6.07, 6.45) is 1.06. The van der Waals surface area contributed by atoms with Crippen LogP contribution in [0.5, 0.6) is 0 Å². The number of nitrogens with zero attached hydrogens (tertiary/aromatic N) is 4. The Hall–Kier alpha value is -1.93. The van der Waals surface area contributed by atoms with Crippen molar-refractivity contribution < 1.29 is 4.42 Å². The van der Waals surface area contributed by atoms with Crippen LogP contribution in [0.1, 0.15) is 19.2 Å². The molecule has 1 N–H and O–H groups in total. The molecular weight excluding hydrogens is 318 g/mol. The SMILES string of the molecule is CCCNc1nnc(SCc2nnc(-c3ccccc3)o2)s1. The normalized spacial score (nSPS) is 10.8. The Balaban J connectivity index is 1.58. The number of rotatable bonds is 7. The topological polar surface area (TPSA) is 76.7 Å². The van der Waals surface area contributed by atoms with Crippen molar-refractivity contribution >= 4 is 28.2 Å². The summed E-state index contributed by atoms with van der Waals surface area (Å²) in [4.78, 5) is 0. The molecule has 0 atom stereocenters. The van der Waals surface area contributed by atoms with Crippen molar-refractivity contribution in [2.75, 3.05) is 11.9 Å². The lowest BCUT2D eigenvalue weighted by Gasteiger charge is -1.95. The molecule has 0 spiro atoms. The molecule has 0 aliphatic carbocycles. The molecule has 0 radical (unpaired) electrons. The van der Waals surface area contributed by atoms with Gasteiger partial charge in [0, 0.05) is 12.1 Å². The van der Waals surface area contributed by atoms with E-state index >= 15 is 0 Å². The van der Waals surface area contributed by atoms with Gasteiger partial charge in [-0.05, 0) is 18.6 Å². The quantitative estimate of drug-likeness (QED) is 0.660. The first-order chi connectivity index (χ1) is 10.8. The molecule has 0 saturated carbocycles. The third kappa shape index (κ3) is 3.83. The maximum absolute atomic E-state index is 5.66. The lowest BCUT2D eigenvalue weighted by Crippen LogP contribution is -1.98. The van der Waals surface area contributed by atoms with Crippen molar-refractivity contribution in [3.63, 3.8) is 0 Å². The Bertz CT molecular complexity index is 713. The van der Waals surface area contributed by atoms with Crippen LogP contribution in [0.2, 0.25) is 0 Å². The zero-order valence-corrected chi connectivity index (χ0v) is 13.7. The van der Waals surface area contributed by atoms with E-state index in [-0.39, 0.29) is 0 Å². The Morgan fingerprint density at radius 3 is 2.82 bits per heavy atom. The van der Waals surface area contributed by atoms with Crippen molar-refractivity contribution in [1.29, 1.82) is 0 Å². The molecule has 1 aromatic carbocycles. The summed E-state index contributed by atoms with van der Waals surface area (Å²) in [5.74, 6) is 1.71. The fourth-order valence-corrected chi connectivity index (χ4v) is 3.32. The minimum atomic E-state index is 0.541. The molecule has 0 saturated heterocycles. The Morgan fingerprint density at radius 1 is 1.14 bits per heavy atom. The number of benzene rings is 1. The van der Waals surface area contributed by atoms with Gasteiger partial charge in [0.25, 0.3) is 0 Å². The number of hydrogen-bond acceptors (Lipinski definition) is 8. The zero-order valence-electron chi connectivity index (χ0n) is 12.0. The van der Waals surface area contributed by atoms with E-state index in [0.29, 0.717) is 17.5 Å². The molecule has 3 rings (SSSR count). The molecule has 0 unspecified atom stereocenters. The maximum Gasteiger partial charge on any atom is 0.247 e. The lowest BCUT2D eigenvalue weighted by molar-refractivity contribution is 0.528. The predicted molar refractivity (Wildman–Crippen MR) is 88.0 cm³/mol. The maximum atomic E-state index is 5.66. The summed E-state index contributed by atoms with van der Waals surface area (Å²) in [6, 6.07) is 9.73. The second-order valence-corrected chi connectivity index (χ2v) is 6.66. The first-order valence-electron chi connectivity index (χ1n) is 6.93. The van der Waals surface area contributed by atoms with Crippen molar-refractivity contribution in [1.82, 2.24) is 20.4 Å². The first-order valence-corrected chi connectivity index (χ1v) is 8.73. The number of nitrogens with one attached hydrogen (secondary N) is 1. The fraction of sp³-hybridized carbons (Fsp3) is 0.286. The summed E-state index contributed by atoms with van der Waals surface area (Å²) >= 11 is 3.08. The van der Waals surface area contributed by atoms with E-state index in [2.05, 4.69) is 32.6 Å². The predicted octanol–water partition coefficient (Wildman–Crippen LogP) is 3.70. The summed E-state index contributed by atoms with van der Waals surface area (Å²) in [7, 11) is 0. The molecule has 0 fully saturated rings. The van der Waals surface area contributed by atoms with E-state index in [1.807, 2.05) is 30.3 Å². The molecule has 6 nitrogen and oxygen atoms in total. The molecule has 22 heavy (non-hydrogen) atoms. The van der Waals surface area contributed by atoms with Crippen LogP contribution in [-0.2, 0) is 5.75 Å². The highest BCUT2D eigenvalue weighted by Gasteiger charge is 2.10. The molecule has 0 aliphatic rings. The van der Waals surface area contributed by atoms with Crippen molar-refractivity contribution in [3.8, 4) is 11.5 Å².